The SMILES string of the molecule is Cc1c(C#N)c(NC(=O)COC(=O)c2ccc(N3CCCCC3=O)cc2)n(C2CCCC2)c1C. The lowest BCUT2D eigenvalue weighted by molar-refractivity contribution is -0.120. The molecular weight excluding hydrogens is 432 g/mol. The van der Waals surface area contributed by atoms with Crippen molar-refractivity contribution in [1.29, 1.82) is 5.26 Å². The number of nitrogens with zero attached hydrogens (tertiary/aromatic N) is 3. The van der Waals surface area contributed by atoms with Crippen molar-refractivity contribution in [2.24, 2.45) is 0 Å². The molecule has 4 rings (SSSR count). The van der Waals surface area contributed by atoms with Gasteiger partial charge >= 0.3 is 5.97 Å². The molecule has 0 radical (unpaired) electrons. The van der Waals surface area contributed by atoms with Crippen LogP contribution in [0.25, 0.3) is 0 Å². The molecule has 8 heteroatoms. The van der Waals surface area contributed by atoms with Crippen LogP contribution < -0.4 is 10.2 Å². The van der Waals surface area contributed by atoms with Gasteiger partial charge in [-0.1, -0.05) is 12.8 Å². The molecule has 2 heterocycles. The highest BCUT2D eigenvalue weighted by Gasteiger charge is 2.27. The van der Waals surface area contributed by atoms with Gasteiger partial charge in [0.2, 0.25) is 5.91 Å². The Morgan fingerprint density at radius 2 is 1.82 bits per heavy atom. The maximum atomic E-state index is 12.6. The Labute approximate surface area is 199 Å². The summed E-state index contributed by atoms with van der Waals surface area (Å²) in [4.78, 5) is 38.9. The van der Waals surface area contributed by atoms with E-state index in [1.807, 2.05) is 13.8 Å². The van der Waals surface area contributed by atoms with E-state index in [9.17, 15) is 19.6 Å². The minimum Gasteiger partial charge on any atom is -0.452 e. The summed E-state index contributed by atoms with van der Waals surface area (Å²) in [6.07, 6.45) is 6.67. The summed E-state index contributed by atoms with van der Waals surface area (Å²) >= 11 is 0. The molecule has 2 amide bonds. The lowest BCUT2D eigenvalue weighted by Gasteiger charge is -2.26. The van der Waals surface area contributed by atoms with Crippen molar-refractivity contribution in [3.05, 3.63) is 46.6 Å². The third-order valence-corrected chi connectivity index (χ3v) is 6.89. The highest BCUT2D eigenvalue weighted by Crippen LogP contribution is 2.37. The van der Waals surface area contributed by atoms with Crippen LogP contribution in [-0.4, -0.2) is 35.5 Å². The Hall–Kier alpha value is -3.60. The van der Waals surface area contributed by atoms with Crippen LogP contribution in [0.3, 0.4) is 0 Å². The Morgan fingerprint density at radius 3 is 2.47 bits per heavy atom. The Bertz CT molecular complexity index is 1140. The highest BCUT2D eigenvalue weighted by molar-refractivity contribution is 5.97. The summed E-state index contributed by atoms with van der Waals surface area (Å²) in [5.74, 6) is -0.536. The summed E-state index contributed by atoms with van der Waals surface area (Å²) in [7, 11) is 0. The number of nitrogens with one attached hydrogen (secondary N) is 1. The molecule has 1 saturated carbocycles. The second-order valence-electron chi connectivity index (χ2n) is 9.03. The molecule has 0 unspecified atom stereocenters. The number of nitriles is 1. The quantitative estimate of drug-likeness (QED) is 0.641. The van der Waals surface area contributed by atoms with Gasteiger partial charge in [0.15, 0.2) is 6.61 Å². The highest BCUT2D eigenvalue weighted by atomic mass is 16.5. The first kappa shape index (κ1) is 23.6. The van der Waals surface area contributed by atoms with Crippen molar-refractivity contribution in [3.63, 3.8) is 0 Å². The minimum absolute atomic E-state index is 0.0859. The van der Waals surface area contributed by atoms with E-state index in [2.05, 4.69) is 16.0 Å². The molecular formula is C26H30N4O4. The van der Waals surface area contributed by atoms with E-state index in [1.165, 1.54) is 0 Å². The zero-order chi connectivity index (χ0) is 24.2. The van der Waals surface area contributed by atoms with Crippen molar-refractivity contribution in [1.82, 2.24) is 4.57 Å². The standard InChI is InChI=1S/C26H30N4O4/c1-17-18(2)30(21-7-3-4-8-21)25(22(17)15-27)28-23(31)16-34-26(33)19-10-12-20(13-11-19)29-14-6-5-9-24(29)32/h10-13,21H,3-9,14,16H2,1-2H3,(H,28,31). The van der Waals surface area contributed by atoms with Crippen molar-refractivity contribution >= 4 is 29.3 Å². The number of hydrogen-bond donors (Lipinski definition) is 1. The number of esters is 1. The Balaban J connectivity index is 1.40. The van der Waals surface area contributed by atoms with E-state index in [1.54, 1.807) is 29.2 Å². The van der Waals surface area contributed by atoms with Gasteiger partial charge in [-0.05, 0) is 69.4 Å². The van der Waals surface area contributed by atoms with Gasteiger partial charge in [0.25, 0.3) is 5.91 Å². The fraction of sp³-hybridized carbons (Fsp3) is 0.462. The van der Waals surface area contributed by atoms with Crippen molar-refractivity contribution < 1.29 is 19.1 Å². The second kappa shape index (κ2) is 10.1. The normalized spacial score (nSPS) is 16.4. The molecule has 8 nitrogen and oxygen atoms in total. The zero-order valence-electron chi connectivity index (χ0n) is 19.7. The van der Waals surface area contributed by atoms with Crippen LogP contribution in [0.1, 0.15) is 78.2 Å². The number of carbonyl (C=O) groups is 3. The van der Waals surface area contributed by atoms with Crippen LogP contribution in [-0.2, 0) is 14.3 Å². The summed E-state index contributed by atoms with van der Waals surface area (Å²) < 4.78 is 7.28. The number of rotatable bonds is 6. The first-order valence-corrected chi connectivity index (χ1v) is 11.9. The summed E-state index contributed by atoms with van der Waals surface area (Å²) in [6, 6.07) is 9.11. The number of amides is 2. The number of carbonyl (C=O) groups excluding carboxylic acids is 3. The van der Waals surface area contributed by atoms with Crippen molar-refractivity contribution in [2.75, 3.05) is 23.4 Å². The first-order valence-electron chi connectivity index (χ1n) is 11.9. The largest absolute Gasteiger partial charge is 0.452 e. The summed E-state index contributed by atoms with van der Waals surface area (Å²) in [5, 5.41) is 12.5. The third-order valence-electron chi connectivity index (χ3n) is 6.89. The first-order chi connectivity index (χ1) is 16.4. The lowest BCUT2D eigenvalue weighted by Crippen LogP contribution is -2.35. The van der Waals surface area contributed by atoms with Gasteiger partial charge in [-0.15, -0.1) is 0 Å². The van der Waals surface area contributed by atoms with E-state index in [0.717, 1.165) is 55.5 Å². The molecule has 2 aliphatic rings. The monoisotopic (exact) mass is 462 g/mol. The molecule has 1 aromatic carbocycles. The molecule has 0 spiro atoms. The van der Waals surface area contributed by atoms with Crippen LogP contribution in [0, 0.1) is 25.2 Å². The van der Waals surface area contributed by atoms with Gasteiger partial charge in [0.05, 0.1) is 11.1 Å². The second-order valence-corrected chi connectivity index (χ2v) is 9.03. The summed E-state index contributed by atoms with van der Waals surface area (Å²) in [5.41, 5.74) is 3.34. The maximum Gasteiger partial charge on any atom is 0.338 e. The molecule has 2 fully saturated rings. The topological polar surface area (TPSA) is 104 Å². The number of anilines is 2. The van der Waals surface area contributed by atoms with Crippen LogP contribution in [0.15, 0.2) is 24.3 Å². The molecule has 1 aliphatic heterocycles. The molecule has 1 aromatic heterocycles. The molecule has 0 atom stereocenters. The Morgan fingerprint density at radius 1 is 1.12 bits per heavy atom. The van der Waals surface area contributed by atoms with E-state index in [4.69, 9.17) is 4.74 Å². The van der Waals surface area contributed by atoms with E-state index in [0.29, 0.717) is 29.9 Å². The van der Waals surface area contributed by atoms with Gasteiger partial charge in [0.1, 0.15) is 11.9 Å². The average Bonchev–Trinajstić information content (AvgIpc) is 3.44. The molecule has 0 bridgehead atoms. The number of aromatic nitrogens is 1. The maximum absolute atomic E-state index is 12.6. The van der Waals surface area contributed by atoms with Gasteiger partial charge in [-0.2, -0.15) is 5.26 Å². The van der Waals surface area contributed by atoms with Crippen LogP contribution in [0.4, 0.5) is 11.5 Å². The predicted octanol–water partition coefficient (Wildman–Crippen LogP) is 4.40. The van der Waals surface area contributed by atoms with Gasteiger partial charge in [0, 0.05) is 30.4 Å². The predicted molar refractivity (Wildman–Crippen MR) is 128 cm³/mol. The smallest absolute Gasteiger partial charge is 0.338 e. The molecule has 2 aromatic rings. The van der Waals surface area contributed by atoms with E-state index in [-0.39, 0.29) is 11.9 Å². The van der Waals surface area contributed by atoms with Gasteiger partial charge < -0.3 is 19.5 Å². The fourth-order valence-corrected chi connectivity index (χ4v) is 4.94. The van der Waals surface area contributed by atoms with Gasteiger partial charge in [-0.25, -0.2) is 4.79 Å². The zero-order valence-corrected chi connectivity index (χ0v) is 19.7. The van der Waals surface area contributed by atoms with Crippen molar-refractivity contribution in [3.8, 4) is 6.07 Å². The summed E-state index contributed by atoms with van der Waals surface area (Å²) in [6.45, 7) is 4.07. The van der Waals surface area contributed by atoms with Crippen LogP contribution >= 0.6 is 0 Å². The number of benzene rings is 1. The molecule has 1 N–H and O–H groups in total. The van der Waals surface area contributed by atoms with Crippen LogP contribution in [0.5, 0.6) is 0 Å². The molecule has 1 saturated heterocycles. The van der Waals surface area contributed by atoms with E-state index < -0.39 is 18.5 Å². The lowest BCUT2D eigenvalue weighted by atomic mass is 10.1. The molecule has 178 valence electrons. The van der Waals surface area contributed by atoms with E-state index >= 15 is 0 Å². The number of hydrogen-bond acceptors (Lipinski definition) is 5. The average molecular weight is 463 g/mol. The van der Waals surface area contributed by atoms with Gasteiger partial charge in [-0.3, -0.25) is 9.59 Å². The number of piperidine rings is 1. The molecule has 1 aliphatic carbocycles. The fourth-order valence-electron chi connectivity index (χ4n) is 4.94. The van der Waals surface area contributed by atoms with Crippen molar-refractivity contribution in [2.45, 2.75) is 64.8 Å². The Kier molecular flexibility index (Phi) is 7.01. The van der Waals surface area contributed by atoms with Crippen LogP contribution in [0.2, 0.25) is 0 Å². The number of ether oxygens (including phenoxy) is 1. The molecule has 34 heavy (non-hydrogen) atoms. The minimum atomic E-state index is -0.620. The third kappa shape index (κ3) is 4.69.